The Kier molecular flexibility index (Phi) is 2.63. The fourth-order valence-electron chi connectivity index (χ4n) is 2.29. The zero-order chi connectivity index (χ0) is 10.0. The van der Waals surface area contributed by atoms with E-state index in [0.717, 1.165) is 39.1 Å². The van der Waals surface area contributed by atoms with Gasteiger partial charge in [0, 0.05) is 26.2 Å². The molecule has 2 fully saturated rings. The van der Waals surface area contributed by atoms with Crippen LogP contribution in [0.2, 0.25) is 0 Å². The van der Waals surface area contributed by atoms with E-state index in [1.165, 1.54) is 6.42 Å². The molecule has 0 saturated carbocycles. The van der Waals surface area contributed by atoms with Crippen molar-refractivity contribution in [3.63, 3.8) is 0 Å². The molecule has 2 rings (SSSR count). The number of nitrogens with zero attached hydrogens (tertiary/aromatic N) is 1. The van der Waals surface area contributed by atoms with Crippen LogP contribution in [0.25, 0.3) is 0 Å². The van der Waals surface area contributed by atoms with Crippen molar-refractivity contribution < 1.29 is 4.79 Å². The first kappa shape index (κ1) is 9.77. The highest BCUT2D eigenvalue weighted by Gasteiger charge is 2.32. The summed E-state index contributed by atoms with van der Waals surface area (Å²) in [7, 11) is 0. The lowest BCUT2D eigenvalue weighted by molar-refractivity contribution is 0.155. The largest absolute Gasteiger partial charge is 0.338 e. The van der Waals surface area contributed by atoms with E-state index >= 15 is 0 Å². The lowest BCUT2D eigenvalue weighted by Crippen LogP contribution is -2.50. The highest BCUT2D eigenvalue weighted by molar-refractivity contribution is 5.74. The van der Waals surface area contributed by atoms with Gasteiger partial charge >= 0.3 is 6.03 Å². The number of carbonyl (C=O) groups excluding carboxylic acids is 1. The Balaban J connectivity index is 1.91. The number of amides is 2. The molecule has 4 heteroatoms. The molecule has 0 aromatic heterocycles. The molecule has 0 aliphatic carbocycles. The number of hydrogen-bond acceptors (Lipinski definition) is 2. The lowest BCUT2D eigenvalue weighted by atomic mass is 9.89. The normalized spacial score (nSPS) is 33.2. The van der Waals surface area contributed by atoms with E-state index in [9.17, 15) is 4.79 Å². The fraction of sp³-hybridized carbons (Fsp3) is 0.900. The molecule has 2 N–H and O–H groups in total. The van der Waals surface area contributed by atoms with Crippen molar-refractivity contribution in [3.8, 4) is 0 Å². The number of carbonyl (C=O) groups is 1. The summed E-state index contributed by atoms with van der Waals surface area (Å²) in [4.78, 5) is 13.5. The van der Waals surface area contributed by atoms with Crippen molar-refractivity contribution >= 4 is 6.03 Å². The molecule has 4 nitrogen and oxygen atoms in total. The smallest absolute Gasteiger partial charge is 0.317 e. The maximum absolute atomic E-state index is 11.5. The van der Waals surface area contributed by atoms with Crippen molar-refractivity contribution in [1.82, 2.24) is 15.5 Å². The molecule has 1 unspecified atom stereocenters. The van der Waals surface area contributed by atoms with Crippen LogP contribution >= 0.6 is 0 Å². The highest BCUT2D eigenvalue weighted by Crippen LogP contribution is 2.26. The molecule has 2 heterocycles. The molecular formula is C10H19N3O. The molecule has 0 aromatic rings. The third-order valence-electron chi connectivity index (χ3n) is 3.20. The molecule has 2 aliphatic rings. The van der Waals surface area contributed by atoms with Crippen LogP contribution in [0, 0.1) is 5.41 Å². The summed E-state index contributed by atoms with van der Waals surface area (Å²) in [5, 5.41) is 6.25. The molecule has 0 spiro atoms. The summed E-state index contributed by atoms with van der Waals surface area (Å²) >= 11 is 0. The second-order valence-electron chi connectivity index (χ2n) is 4.74. The second-order valence-corrected chi connectivity index (χ2v) is 4.74. The molecular weight excluding hydrogens is 178 g/mol. The summed E-state index contributed by atoms with van der Waals surface area (Å²) in [6.45, 7) is 7.04. The molecule has 0 aromatic carbocycles. The van der Waals surface area contributed by atoms with Gasteiger partial charge in [0.05, 0.1) is 0 Å². The average molecular weight is 197 g/mol. The van der Waals surface area contributed by atoms with Gasteiger partial charge in [0.2, 0.25) is 0 Å². The third-order valence-corrected chi connectivity index (χ3v) is 3.20. The van der Waals surface area contributed by atoms with E-state index in [-0.39, 0.29) is 11.4 Å². The van der Waals surface area contributed by atoms with Gasteiger partial charge in [-0.1, -0.05) is 6.92 Å². The maximum atomic E-state index is 11.5. The average Bonchev–Trinajstić information content (AvgIpc) is 2.57. The first-order valence-electron chi connectivity index (χ1n) is 5.43. The molecule has 2 amide bonds. The predicted molar refractivity (Wildman–Crippen MR) is 55.2 cm³/mol. The molecule has 0 bridgehead atoms. The van der Waals surface area contributed by atoms with E-state index in [4.69, 9.17) is 0 Å². The summed E-state index contributed by atoms with van der Waals surface area (Å²) < 4.78 is 0. The molecule has 2 saturated heterocycles. The van der Waals surface area contributed by atoms with Gasteiger partial charge in [0.25, 0.3) is 0 Å². The molecule has 1 atom stereocenters. The lowest BCUT2D eigenvalue weighted by Gasteiger charge is -2.34. The van der Waals surface area contributed by atoms with E-state index in [0.29, 0.717) is 0 Å². The summed E-state index contributed by atoms with van der Waals surface area (Å²) in [5.41, 5.74) is 0.286. The van der Waals surface area contributed by atoms with Crippen molar-refractivity contribution in [1.29, 1.82) is 0 Å². The van der Waals surface area contributed by atoms with Crippen molar-refractivity contribution in [2.75, 3.05) is 32.7 Å². The number of hydrogen-bond donors (Lipinski definition) is 2. The minimum absolute atomic E-state index is 0.115. The quantitative estimate of drug-likeness (QED) is 0.673. The summed E-state index contributed by atoms with van der Waals surface area (Å²) in [5.74, 6) is 0. The fourth-order valence-corrected chi connectivity index (χ4v) is 2.29. The minimum Gasteiger partial charge on any atom is -0.338 e. The van der Waals surface area contributed by atoms with Crippen LogP contribution in [-0.2, 0) is 0 Å². The van der Waals surface area contributed by atoms with Crippen LogP contribution in [0.1, 0.15) is 19.8 Å². The topological polar surface area (TPSA) is 44.4 Å². The Labute approximate surface area is 85.0 Å². The first-order chi connectivity index (χ1) is 6.70. The maximum Gasteiger partial charge on any atom is 0.317 e. The molecule has 0 radical (unpaired) electrons. The Bertz CT molecular complexity index is 223. The van der Waals surface area contributed by atoms with E-state index in [2.05, 4.69) is 17.6 Å². The Morgan fingerprint density at radius 1 is 1.50 bits per heavy atom. The van der Waals surface area contributed by atoms with Crippen LogP contribution < -0.4 is 10.6 Å². The first-order valence-corrected chi connectivity index (χ1v) is 5.43. The standard InChI is InChI=1S/C10H19N3O/c1-10(3-5-11-7-10)8-13-6-2-4-12-9(13)14/h11H,2-8H2,1H3,(H,12,14). The molecule has 2 aliphatic heterocycles. The van der Waals surface area contributed by atoms with Gasteiger partial charge in [0.1, 0.15) is 0 Å². The zero-order valence-electron chi connectivity index (χ0n) is 8.81. The van der Waals surface area contributed by atoms with Gasteiger partial charge in [-0.3, -0.25) is 0 Å². The van der Waals surface area contributed by atoms with Gasteiger partial charge in [0.15, 0.2) is 0 Å². The zero-order valence-corrected chi connectivity index (χ0v) is 8.81. The van der Waals surface area contributed by atoms with Crippen LogP contribution in [-0.4, -0.2) is 43.7 Å². The van der Waals surface area contributed by atoms with E-state index < -0.39 is 0 Å². The number of rotatable bonds is 2. The Morgan fingerprint density at radius 3 is 3.00 bits per heavy atom. The SMILES string of the molecule is CC1(CN2CCCNC2=O)CCNC1. The molecule has 80 valence electrons. The van der Waals surface area contributed by atoms with Crippen LogP contribution in [0.3, 0.4) is 0 Å². The van der Waals surface area contributed by atoms with Crippen molar-refractivity contribution in [2.24, 2.45) is 5.41 Å². The minimum atomic E-state index is 0.115. The van der Waals surface area contributed by atoms with Crippen LogP contribution in [0.4, 0.5) is 4.79 Å². The Hall–Kier alpha value is -0.770. The monoisotopic (exact) mass is 197 g/mol. The van der Waals surface area contributed by atoms with Crippen molar-refractivity contribution in [3.05, 3.63) is 0 Å². The second kappa shape index (κ2) is 3.77. The van der Waals surface area contributed by atoms with Crippen LogP contribution in [0.5, 0.6) is 0 Å². The number of nitrogens with one attached hydrogen (secondary N) is 2. The van der Waals surface area contributed by atoms with Crippen LogP contribution in [0.15, 0.2) is 0 Å². The van der Waals surface area contributed by atoms with E-state index in [1.807, 2.05) is 4.90 Å². The van der Waals surface area contributed by atoms with E-state index in [1.54, 1.807) is 0 Å². The molecule has 14 heavy (non-hydrogen) atoms. The van der Waals surface area contributed by atoms with Gasteiger partial charge < -0.3 is 15.5 Å². The van der Waals surface area contributed by atoms with Gasteiger partial charge in [-0.2, -0.15) is 0 Å². The van der Waals surface area contributed by atoms with Crippen molar-refractivity contribution in [2.45, 2.75) is 19.8 Å². The third kappa shape index (κ3) is 2.00. The van der Waals surface area contributed by atoms with Gasteiger partial charge in [-0.15, -0.1) is 0 Å². The predicted octanol–water partition coefficient (Wildman–Crippen LogP) is 0.401. The van der Waals surface area contributed by atoms with Gasteiger partial charge in [-0.05, 0) is 24.8 Å². The summed E-state index contributed by atoms with van der Waals surface area (Å²) in [6.07, 6.45) is 2.26. The summed E-state index contributed by atoms with van der Waals surface area (Å²) in [6, 6.07) is 0.115. The van der Waals surface area contributed by atoms with Gasteiger partial charge in [-0.25, -0.2) is 4.79 Å². The number of urea groups is 1. The highest BCUT2D eigenvalue weighted by atomic mass is 16.2. The Morgan fingerprint density at radius 2 is 2.36 bits per heavy atom.